The van der Waals surface area contributed by atoms with Crippen molar-refractivity contribution in [1.29, 1.82) is 0 Å². The SMILES string of the molecule is CCC(O)[C@@H]1CC(F)(F)CN1. The van der Waals surface area contributed by atoms with Crippen LogP contribution in [0.3, 0.4) is 0 Å². The molecule has 0 spiro atoms. The number of hydrogen-bond acceptors (Lipinski definition) is 2. The lowest BCUT2D eigenvalue weighted by Crippen LogP contribution is -2.33. The summed E-state index contributed by atoms with van der Waals surface area (Å²) in [7, 11) is 0. The quantitative estimate of drug-likeness (QED) is 0.633. The van der Waals surface area contributed by atoms with Gasteiger partial charge in [0.1, 0.15) is 0 Å². The van der Waals surface area contributed by atoms with Crippen molar-refractivity contribution < 1.29 is 13.9 Å². The van der Waals surface area contributed by atoms with E-state index in [1.807, 2.05) is 0 Å². The number of hydrogen-bond donors (Lipinski definition) is 2. The Hall–Kier alpha value is -0.220. The lowest BCUT2D eigenvalue weighted by Gasteiger charge is -2.15. The highest BCUT2D eigenvalue weighted by Crippen LogP contribution is 2.27. The molecular weight excluding hydrogens is 152 g/mol. The van der Waals surface area contributed by atoms with Crippen molar-refractivity contribution in [2.75, 3.05) is 6.54 Å². The zero-order valence-electron chi connectivity index (χ0n) is 6.48. The highest BCUT2D eigenvalue weighted by Gasteiger charge is 2.41. The topological polar surface area (TPSA) is 32.3 Å². The van der Waals surface area contributed by atoms with Gasteiger partial charge in [-0.15, -0.1) is 0 Å². The van der Waals surface area contributed by atoms with Gasteiger partial charge in [0, 0.05) is 12.5 Å². The Bertz CT molecular complexity index is 140. The van der Waals surface area contributed by atoms with Crippen LogP contribution in [-0.4, -0.2) is 29.7 Å². The molecule has 11 heavy (non-hydrogen) atoms. The average molecular weight is 165 g/mol. The van der Waals surface area contributed by atoms with Gasteiger partial charge in [-0.25, -0.2) is 8.78 Å². The van der Waals surface area contributed by atoms with Gasteiger partial charge in [-0.2, -0.15) is 0 Å². The first-order valence-corrected chi connectivity index (χ1v) is 3.84. The Morgan fingerprint density at radius 3 is 2.73 bits per heavy atom. The van der Waals surface area contributed by atoms with Gasteiger partial charge >= 0.3 is 0 Å². The molecule has 1 rings (SSSR count). The third-order valence-corrected chi connectivity index (χ3v) is 2.02. The molecule has 0 aliphatic carbocycles. The molecule has 2 nitrogen and oxygen atoms in total. The minimum atomic E-state index is -2.62. The first-order chi connectivity index (χ1) is 5.05. The summed E-state index contributed by atoms with van der Waals surface area (Å²) >= 11 is 0. The molecule has 2 N–H and O–H groups in total. The van der Waals surface area contributed by atoms with Gasteiger partial charge in [0.05, 0.1) is 12.6 Å². The van der Waals surface area contributed by atoms with E-state index in [0.717, 1.165) is 0 Å². The third kappa shape index (κ3) is 2.10. The predicted molar refractivity (Wildman–Crippen MR) is 37.7 cm³/mol. The van der Waals surface area contributed by atoms with E-state index < -0.39 is 18.1 Å². The fourth-order valence-electron chi connectivity index (χ4n) is 1.30. The molecule has 1 aliphatic rings. The minimum Gasteiger partial charge on any atom is -0.392 e. The number of nitrogens with one attached hydrogen (secondary N) is 1. The van der Waals surface area contributed by atoms with Gasteiger partial charge in [-0.05, 0) is 6.42 Å². The minimum absolute atomic E-state index is 0.234. The molecule has 0 radical (unpaired) electrons. The van der Waals surface area contributed by atoms with Gasteiger partial charge < -0.3 is 10.4 Å². The molecule has 1 unspecified atom stereocenters. The molecule has 2 atom stereocenters. The van der Waals surface area contributed by atoms with Crippen LogP contribution in [0.2, 0.25) is 0 Å². The number of aliphatic hydroxyl groups is 1. The van der Waals surface area contributed by atoms with Crippen LogP contribution in [0.25, 0.3) is 0 Å². The summed E-state index contributed by atoms with van der Waals surface area (Å²) < 4.78 is 25.0. The molecule has 0 aromatic carbocycles. The first kappa shape index (κ1) is 8.87. The van der Waals surface area contributed by atoms with E-state index in [4.69, 9.17) is 0 Å². The van der Waals surface area contributed by atoms with Crippen LogP contribution in [0.15, 0.2) is 0 Å². The lowest BCUT2D eigenvalue weighted by atomic mass is 10.1. The van der Waals surface area contributed by atoms with Crippen molar-refractivity contribution in [3.05, 3.63) is 0 Å². The lowest BCUT2D eigenvalue weighted by molar-refractivity contribution is 0.0141. The van der Waals surface area contributed by atoms with Gasteiger partial charge in [-0.3, -0.25) is 0 Å². The van der Waals surface area contributed by atoms with E-state index in [-0.39, 0.29) is 13.0 Å². The van der Waals surface area contributed by atoms with Crippen LogP contribution in [0.4, 0.5) is 8.78 Å². The van der Waals surface area contributed by atoms with Crippen molar-refractivity contribution >= 4 is 0 Å². The number of rotatable bonds is 2. The van der Waals surface area contributed by atoms with Gasteiger partial charge in [0.25, 0.3) is 5.92 Å². The predicted octanol–water partition coefficient (Wildman–Crippen LogP) is 0.754. The second-order valence-corrected chi connectivity index (χ2v) is 3.02. The zero-order chi connectivity index (χ0) is 8.48. The second kappa shape index (κ2) is 3.03. The summed E-state index contributed by atoms with van der Waals surface area (Å²) in [6.45, 7) is 1.48. The molecule has 0 aromatic heterocycles. The summed E-state index contributed by atoms with van der Waals surface area (Å²) in [5.41, 5.74) is 0. The summed E-state index contributed by atoms with van der Waals surface area (Å²) in [6, 6.07) is -0.421. The zero-order valence-corrected chi connectivity index (χ0v) is 6.48. The Balaban J connectivity index is 2.41. The standard InChI is InChI=1S/C7H13F2NO/c1-2-6(11)5-3-7(8,9)4-10-5/h5-6,10-11H,2-4H2,1H3/t5-,6?/m0/s1. The Morgan fingerprint density at radius 2 is 2.36 bits per heavy atom. The molecule has 1 aliphatic heterocycles. The van der Waals surface area contributed by atoms with Crippen LogP contribution in [0.1, 0.15) is 19.8 Å². The molecule has 66 valence electrons. The van der Waals surface area contributed by atoms with E-state index in [9.17, 15) is 13.9 Å². The van der Waals surface area contributed by atoms with Gasteiger partial charge in [0.15, 0.2) is 0 Å². The molecule has 0 amide bonds. The molecule has 1 heterocycles. The van der Waals surface area contributed by atoms with E-state index in [2.05, 4.69) is 5.32 Å². The number of alkyl halides is 2. The Morgan fingerprint density at radius 1 is 1.73 bits per heavy atom. The normalized spacial score (nSPS) is 32.2. The average Bonchev–Trinajstić information content (AvgIpc) is 2.29. The molecule has 0 saturated carbocycles. The highest BCUT2D eigenvalue weighted by atomic mass is 19.3. The van der Waals surface area contributed by atoms with Crippen molar-refractivity contribution in [1.82, 2.24) is 5.32 Å². The number of aliphatic hydroxyl groups excluding tert-OH is 1. The van der Waals surface area contributed by atoms with Gasteiger partial charge in [0.2, 0.25) is 0 Å². The van der Waals surface area contributed by atoms with Crippen LogP contribution in [-0.2, 0) is 0 Å². The Kier molecular flexibility index (Phi) is 2.44. The first-order valence-electron chi connectivity index (χ1n) is 3.84. The fourth-order valence-corrected chi connectivity index (χ4v) is 1.30. The van der Waals surface area contributed by atoms with Crippen LogP contribution in [0.5, 0.6) is 0 Å². The van der Waals surface area contributed by atoms with E-state index in [1.165, 1.54) is 0 Å². The smallest absolute Gasteiger partial charge is 0.261 e. The molecule has 1 fully saturated rings. The van der Waals surface area contributed by atoms with Gasteiger partial charge in [-0.1, -0.05) is 6.92 Å². The fraction of sp³-hybridized carbons (Fsp3) is 1.00. The maximum atomic E-state index is 12.5. The van der Waals surface area contributed by atoms with E-state index in [0.29, 0.717) is 6.42 Å². The maximum Gasteiger partial charge on any atom is 0.261 e. The summed E-state index contributed by atoms with van der Waals surface area (Å²) in [6.07, 6.45) is -0.348. The van der Waals surface area contributed by atoms with Crippen molar-refractivity contribution in [3.8, 4) is 0 Å². The van der Waals surface area contributed by atoms with E-state index in [1.54, 1.807) is 6.92 Å². The largest absolute Gasteiger partial charge is 0.392 e. The molecule has 0 bridgehead atoms. The molecular formula is C7H13F2NO. The summed E-state index contributed by atoms with van der Waals surface area (Å²) in [4.78, 5) is 0. The number of halogens is 2. The summed E-state index contributed by atoms with van der Waals surface area (Å²) in [5, 5.41) is 11.8. The Labute approximate surface area is 64.6 Å². The molecule has 1 saturated heterocycles. The van der Waals surface area contributed by atoms with Crippen LogP contribution < -0.4 is 5.32 Å². The second-order valence-electron chi connectivity index (χ2n) is 3.02. The van der Waals surface area contributed by atoms with Crippen LogP contribution >= 0.6 is 0 Å². The van der Waals surface area contributed by atoms with Crippen molar-refractivity contribution in [2.24, 2.45) is 0 Å². The van der Waals surface area contributed by atoms with Crippen molar-refractivity contribution in [2.45, 2.75) is 37.8 Å². The maximum absolute atomic E-state index is 12.5. The van der Waals surface area contributed by atoms with Crippen LogP contribution in [0, 0.1) is 0 Å². The third-order valence-electron chi connectivity index (χ3n) is 2.02. The monoisotopic (exact) mass is 165 g/mol. The molecule has 4 heteroatoms. The van der Waals surface area contributed by atoms with E-state index >= 15 is 0 Å². The van der Waals surface area contributed by atoms with Crippen molar-refractivity contribution in [3.63, 3.8) is 0 Å². The summed E-state index contributed by atoms with van der Waals surface area (Å²) in [5.74, 6) is -2.62. The highest BCUT2D eigenvalue weighted by molar-refractivity contribution is 4.90. The molecule has 0 aromatic rings.